The topological polar surface area (TPSA) is 79.0 Å². The van der Waals surface area contributed by atoms with Gasteiger partial charge in [-0.25, -0.2) is 9.97 Å². The van der Waals surface area contributed by atoms with Gasteiger partial charge in [-0.3, -0.25) is 9.59 Å². The van der Waals surface area contributed by atoms with E-state index in [2.05, 4.69) is 15.0 Å². The quantitative estimate of drug-likeness (QED) is 0.612. The normalized spacial score (nSPS) is 11.2. The summed E-state index contributed by atoms with van der Waals surface area (Å²) < 4.78 is 1.57. The Bertz CT molecular complexity index is 1110. The van der Waals surface area contributed by atoms with Crippen LogP contribution < -0.4 is 5.56 Å². The number of rotatable bonds is 3. The fourth-order valence-electron chi connectivity index (χ4n) is 2.50. The lowest BCUT2D eigenvalue weighted by Gasteiger charge is -2.16. The van der Waals surface area contributed by atoms with E-state index >= 15 is 0 Å². The van der Waals surface area contributed by atoms with Gasteiger partial charge >= 0.3 is 0 Å². The second-order valence-electron chi connectivity index (χ2n) is 5.34. The Morgan fingerprint density at radius 3 is 3.00 bits per heavy atom. The van der Waals surface area contributed by atoms with E-state index < -0.39 is 0 Å². The van der Waals surface area contributed by atoms with Crippen molar-refractivity contribution < 1.29 is 4.79 Å². The summed E-state index contributed by atoms with van der Waals surface area (Å²) in [6.07, 6.45) is 0. The minimum absolute atomic E-state index is 0.127. The Hall–Kier alpha value is -2.58. The van der Waals surface area contributed by atoms with Crippen molar-refractivity contribution in [1.29, 1.82) is 0 Å². The van der Waals surface area contributed by atoms with Crippen LogP contribution in [0.4, 0.5) is 0 Å². The van der Waals surface area contributed by atoms with Crippen LogP contribution in [0.2, 0.25) is 0 Å². The zero-order valence-corrected chi connectivity index (χ0v) is 14.3. The number of thiophene rings is 1. The molecule has 0 aliphatic rings. The molecule has 0 unspecified atom stereocenters. The molecule has 1 amide bonds. The molecule has 0 fully saturated rings. The van der Waals surface area contributed by atoms with Gasteiger partial charge in [0.05, 0.1) is 27.8 Å². The first-order chi connectivity index (χ1) is 11.6. The van der Waals surface area contributed by atoms with E-state index in [1.165, 1.54) is 22.7 Å². The molecule has 6 nitrogen and oxygen atoms in total. The summed E-state index contributed by atoms with van der Waals surface area (Å²) in [7, 11) is 1.69. The van der Waals surface area contributed by atoms with E-state index in [4.69, 9.17) is 0 Å². The fraction of sp³-hybridized carbons (Fsp3) is 0.125. The maximum atomic E-state index is 12.6. The summed E-state index contributed by atoms with van der Waals surface area (Å²) in [5.74, 6) is 0.346. The maximum Gasteiger partial charge on any atom is 0.268 e. The molecule has 0 atom stereocenters. The van der Waals surface area contributed by atoms with Crippen molar-refractivity contribution in [3.05, 3.63) is 56.9 Å². The number of benzene rings is 1. The predicted molar refractivity (Wildman–Crippen MR) is 95.7 cm³/mol. The number of nitrogens with zero attached hydrogens (tertiary/aromatic N) is 3. The summed E-state index contributed by atoms with van der Waals surface area (Å²) >= 11 is 2.85. The summed E-state index contributed by atoms with van der Waals surface area (Å²) in [6.45, 7) is 0.237. The van der Waals surface area contributed by atoms with Crippen LogP contribution in [0.3, 0.4) is 0 Å². The van der Waals surface area contributed by atoms with Crippen molar-refractivity contribution in [3.63, 3.8) is 0 Å². The van der Waals surface area contributed by atoms with Gasteiger partial charge in [0.2, 0.25) is 0 Å². The molecule has 0 aliphatic carbocycles. The van der Waals surface area contributed by atoms with Crippen molar-refractivity contribution in [2.75, 3.05) is 7.05 Å². The number of hydrogen-bond donors (Lipinski definition) is 1. The Kier molecular flexibility index (Phi) is 3.62. The van der Waals surface area contributed by atoms with Crippen LogP contribution in [-0.4, -0.2) is 32.8 Å². The minimum Gasteiger partial charge on any atom is -0.334 e. The molecular weight excluding hydrogens is 344 g/mol. The van der Waals surface area contributed by atoms with Crippen LogP contribution in [0, 0.1) is 0 Å². The third-order valence-corrected chi connectivity index (χ3v) is 5.37. The third-order valence-electron chi connectivity index (χ3n) is 3.68. The summed E-state index contributed by atoms with van der Waals surface area (Å²) in [5.41, 5.74) is 3.72. The van der Waals surface area contributed by atoms with Crippen molar-refractivity contribution in [3.8, 4) is 0 Å². The molecule has 0 spiro atoms. The highest BCUT2D eigenvalue weighted by Crippen LogP contribution is 2.20. The predicted octanol–water partition coefficient (Wildman–Crippen LogP) is 2.87. The molecule has 0 bridgehead atoms. The highest BCUT2D eigenvalue weighted by atomic mass is 32.1. The van der Waals surface area contributed by atoms with Crippen molar-refractivity contribution >= 4 is 49.0 Å². The van der Waals surface area contributed by atoms with Gasteiger partial charge in [0.15, 0.2) is 0 Å². The number of nitrogens with one attached hydrogen (secondary N) is 1. The van der Waals surface area contributed by atoms with E-state index in [0.717, 1.165) is 10.2 Å². The van der Waals surface area contributed by atoms with Crippen LogP contribution in [-0.2, 0) is 6.54 Å². The lowest BCUT2D eigenvalue weighted by Crippen LogP contribution is -2.28. The lowest BCUT2D eigenvalue weighted by atomic mass is 10.2. The fourth-order valence-corrected chi connectivity index (χ4v) is 3.94. The average Bonchev–Trinajstić information content (AvgIpc) is 3.22. The van der Waals surface area contributed by atoms with Gasteiger partial charge in [-0.05, 0) is 29.6 Å². The van der Waals surface area contributed by atoms with Crippen LogP contribution >= 0.6 is 22.7 Å². The average molecular weight is 356 g/mol. The van der Waals surface area contributed by atoms with Gasteiger partial charge in [-0.2, -0.15) is 0 Å². The van der Waals surface area contributed by atoms with E-state index in [0.29, 0.717) is 21.6 Å². The van der Waals surface area contributed by atoms with Crippen LogP contribution in [0.25, 0.3) is 20.4 Å². The zero-order valence-electron chi connectivity index (χ0n) is 12.6. The molecule has 0 saturated heterocycles. The number of thiazole rings is 1. The smallest absolute Gasteiger partial charge is 0.268 e. The second-order valence-corrected chi connectivity index (χ2v) is 7.15. The molecule has 3 aromatic heterocycles. The Labute approximate surface area is 144 Å². The van der Waals surface area contributed by atoms with Crippen LogP contribution in [0.1, 0.15) is 16.2 Å². The molecule has 1 aromatic carbocycles. The first-order valence-corrected chi connectivity index (χ1v) is 8.93. The number of aromatic nitrogens is 3. The molecule has 1 N–H and O–H groups in total. The van der Waals surface area contributed by atoms with E-state index in [1.54, 1.807) is 29.6 Å². The van der Waals surface area contributed by atoms with Crippen LogP contribution in [0.15, 0.2) is 40.0 Å². The highest BCUT2D eigenvalue weighted by Gasteiger charge is 2.15. The van der Waals surface area contributed by atoms with Gasteiger partial charge in [0.25, 0.3) is 11.5 Å². The van der Waals surface area contributed by atoms with Gasteiger partial charge in [-0.15, -0.1) is 22.7 Å². The van der Waals surface area contributed by atoms with Crippen LogP contribution in [0.5, 0.6) is 0 Å². The Morgan fingerprint density at radius 2 is 2.12 bits per heavy atom. The summed E-state index contributed by atoms with van der Waals surface area (Å²) in [5, 5.41) is 1.83. The Balaban J connectivity index is 1.60. The number of H-pyrrole nitrogens is 1. The second kappa shape index (κ2) is 5.81. The van der Waals surface area contributed by atoms with E-state index in [9.17, 15) is 9.59 Å². The minimum atomic E-state index is -0.170. The number of amides is 1. The maximum absolute atomic E-state index is 12.6. The third kappa shape index (κ3) is 2.59. The molecule has 0 saturated carbocycles. The van der Waals surface area contributed by atoms with Crippen molar-refractivity contribution in [2.45, 2.75) is 6.54 Å². The highest BCUT2D eigenvalue weighted by molar-refractivity contribution is 7.17. The van der Waals surface area contributed by atoms with Gasteiger partial charge < -0.3 is 9.88 Å². The number of carbonyl (C=O) groups excluding carboxylic acids is 1. The van der Waals surface area contributed by atoms with Crippen molar-refractivity contribution in [1.82, 2.24) is 19.9 Å². The number of aromatic amines is 1. The molecule has 4 rings (SSSR count). The largest absolute Gasteiger partial charge is 0.334 e. The molecule has 120 valence electrons. The number of carbonyl (C=O) groups is 1. The number of hydrogen-bond acceptors (Lipinski definition) is 6. The first-order valence-electron chi connectivity index (χ1n) is 7.17. The molecule has 0 aliphatic heterocycles. The summed E-state index contributed by atoms with van der Waals surface area (Å²) in [6, 6.07) is 7.24. The molecular formula is C16H12N4O2S2. The molecule has 8 heteroatoms. The standard InChI is InChI=1S/C16H12N4O2S2/c1-20(7-13-18-11-4-5-23-14(11)15(21)19-13)16(22)9-2-3-10-12(6-9)24-8-17-10/h2-6,8H,7H2,1H3,(H,18,19,21). The zero-order chi connectivity index (χ0) is 16.7. The first kappa shape index (κ1) is 15.0. The molecule has 24 heavy (non-hydrogen) atoms. The van der Waals surface area contributed by atoms with E-state index in [1.807, 2.05) is 17.5 Å². The van der Waals surface area contributed by atoms with Crippen molar-refractivity contribution in [2.24, 2.45) is 0 Å². The summed E-state index contributed by atoms with van der Waals surface area (Å²) in [4.78, 5) is 37.5. The lowest BCUT2D eigenvalue weighted by molar-refractivity contribution is 0.0781. The molecule has 0 radical (unpaired) electrons. The number of fused-ring (bicyclic) bond motifs is 2. The van der Waals surface area contributed by atoms with Gasteiger partial charge in [0, 0.05) is 12.6 Å². The molecule has 4 aromatic rings. The SMILES string of the molecule is CN(Cc1nc2ccsc2c(=O)[nH]1)C(=O)c1ccc2ncsc2c1. The molecule has 3 heterocycles. The van der Waals surface area contributed by atoms with Gasteiger partial charge in [-0.1, -0.05) is 0 Å². The van der Waals surface area contributed by atoms with E-state index in [-0.39, 0.29) is 18.0 Å². The van der Waals surface area contributed by atoms with Gasteiger partial charge in [0.1, 0.15) is 10.5 Å². The Morgan fingerprint density at radius 1 is 1.25 bits per heavy atom. The monoisotopic (exact) mass is 356 g/mol.